The van der Waals surface area contributed by atoms with E-state index >= 15 is 0 Å². The minimum atomic E-state index is -0.222. The fourth-order valence-corrected chi connectivity index (χ4v) is 2.07. The largest absolute Gasteiger partial charge is 0.345 e. The van der Waals surface area contributed by atoms with E-state index < -0.39 is 0 Å². The Morgan fingerprint density at radius 2 is 2.06 bits per heavy atom. The standard InChI is InChI=1S/C13H14FN3/c1-8-12(10-4-2-3-5-11(10)14)17-13(16-8)9-6-15-7-9/h2-5,9,15H,6-7H2,1H3,(H,16,17). The predicted molar refractivity (Wildman–Crippen MR) is 64.3 cm³/mol. The Morgan fingerprint density at radius 3 is 2.71 bits per heavy atom. The van der Waals surface area contributed by atoms with Gasteiger partial charge in [0, 0.05) is 30.3 Å². The quantitative estimate of drug-likeness (QED) is 0.832. The van der Waals surface area contributed by atoms with Crippen LogP contribution < -0.4 is 5.32 Å². The number of halogens is 1. The predicted octanol–water partition coefficient (Wildman–Crippen LogP) is 2.21. The molecule has 88 valence electrons. The third kappa shape index (κ3) is 1.74. The molecule has 0 amide bonds. The van der Waals surface area contributed by atoms with Crippen LogP contribution in [-0.4, -0.2) is 23.1 Å². The fraction of sp³-hybridized carbons (Fsp3) is 0.308. The Hall–Kier alpha value is -1.68. The van der Waals surface area contributed by atoms with Crippen LogP contribution in [0, 0.1) is 12.7 Å². The zero-order valence-electron chi connectivity index (χ0n) is 9.63. The maximum Gasteiger partial charge on any atom is 0.132 e. The van der Waals surface area contributed by atoms with Gasteiger partial charge in [-0.1, -0.05) is 12.1 Å². The SMILES string of the molecule is Cc1[nH]c(C2CNC2)nc1-c1ccccc1F. The molecule has 0 radical (unpaired) electrons. The highest BCUT2D eigenvalue weighted by Crippen LogP contribution is 2.27. The van der Waals surface area contributed by atoms with Gasteiger partial charge in [0.05, 0.1) is 5.69 Å². The Morgan fingerprint density at radius 1 is 1.29 bits per heavy atom. The van der Waals surface area contributed by atoms with Gasteiger partial charge in [-0.15, -0.1) is 0 Å². The van der Waals surface area contributed by atoms with Crippen LogP contribution in [0.4, 0.5) is 4.39 Å². The van der Waals surface area contributed by atoms with E-state index in [-0.39, 0.29) is 5.82 Å². The van der Waals surface area contributed by atoms with Crippen LogP contribution in [0.1, 0.15) is 17.4 Å². The van der Waals surface area contributed by atoms with Gasteiger partial charge in [0.25, 0.3) is 0 Å². The number of rotatable bonds is 2. The molecule has 3 rings (SSSR count). The van der Waals surface area contributed by atoms with Gasteiger partial charge in [-0.05, 0) is 19.1 Å². The fourth-order valence-electron chi connectivity index (χ4n) is 2.07. The lowest BCUT2D eigenvalue weighted by atomic mass is 10.0. The van der Waals surface area contributed by atoms with Crippen molar-refractivity contribution in [2.24, 2.45) is 0 Å². The number of imidazole rings is 1. The van der Waals surface area contributed by atoms with Gasteiger partial charge >= 0.3 is 0 Å². The van der Waals surface area contributed by atoms with Crippen LogP contribution >= 0.6 is 0 Å². The number of hydrogen-bond donors (Lipinski definition) is 2. The number of benzene rings is 1. The molecule has 1 fully saturated rings. The average molecular weight is 231 g/mol. The molecule has 4 heteroatoms. The summed E-state index contributed by atoms with van der Waals surface area (Å²) in [4.78, 5) is 7.78. The van der Waals surface area contributed by atoms with Gasteiger partial charge in [-0.3, -0.25) is 0 Å². The number of nitrogens with zero attached hydrogens (tertiary/aromatic N) is 1. The van der Waals surface area contributed by atoms with Gasteiger partial charge in [0.1, 0.15) is 11.6 Å². The number of aromatic nitrogens is 2. The van der Waals surface area contributed by atoms with Crippen molar-refractivity contribution in [3.05, 3.63) is 41.6 Å². The van der Waals surface area contributed by atoms with Crippen molar-refractivity contribution < 1.29 is 4.39 Å². The summed E-state index contributed by atoms with van der Waals surface area (Å²) in [7, 11) is 0. The Kier molecular flexibility index (Phi) is 2.44. The van der Waals surface area contributed by atoms with Gasteiger partial charge in [0.15, 0.2) is 0 Å². The van der Waals surface area contributed by atoms with Crippen LogP contribution in [0.5, 0.6) is 0 Å². The van der Waals surface area contributed by atoms with Gasteiger partial charge in [-0.2, -0.15) is 0 Å². The zero-order chi connectivity index (χ0) is 11.8. The van der Waals surface area contributed by atoms with E-state index in [4.69, 9.17) is 0 Å². The van der Waals surface area contributed by atoms with Crippen molar-refractivity contribution in [1.29, 1.82) is 0 Å². The average Bonchev–Trinajstić information content (AvgIpc) is 2.58. The highest BCUT2D eigenvalue weighted by Gasteiger charge is 2.23. The molecule has 2 aromatic rings. The summed E-state index contributed by atoms with van der Waals surface area (Å²) < 4.78 is 13.7. The first kappa shape index (κ1) is 10.5. The molecule has 0 unspecified atom stereocenters. The second-order valence-corrected chi connectivity index (χ2v) is 4.43. The lowest BCUT2D eigenvalue weighted by molar-refractivity contribution is 0.432. The molecule has 0 aliphatic carbocycles. The molecule has 3 nitrogen and oxygen atoms in total. The lowest BCUT2D eigenvalue weighted by Gasteiger charge is -2.24. The second-order valence-electron chi connectivity index (χ2n) is 4.43. The lowest BCUT2D eigenvalue weighted by Crippen LogP contribution is -2.40. The number of hydrogen-bond acceptors (Lipinski definition) is 2. The molecular weight excluding hydrogens is 217 g/mol. The summed E-state index contributed by atoms with van der Waals surface area (Å²) in [6.45, 7) is 3.83. The van der Waals surface area contributed by atoms with E-state index in [1.165, 1.54) is 6.07 Å². The number of aromatic amines is 1. The summed E-state index contributed by atoms with van der Waals surface area (Å²) in [6, 6.07) is 6.75. The Balaban J connectivity index is 2.03. The number of H-pyrrole nitrogens is 1. The van der Waals surface area contributed by atoms with Crippen molar-refractivity contribution in [2.45, 2.75) is 12.8 Å². The molecule has 0 spiro atoms. The van der Waals surface area contributed by atoms with Crippen molar-refractivity contribution in [3.63, 3.8) is 0 Å². The monoisotopic (exact) mass is 231 g/mol. The first-order chi connectivity index (χ1) is 8.25. The molecule has 2 N–H and O–H groups in total. The molecule has 17 heavy (non-hydrogen) atoms. The van der Waals surface area contributed by atoms with Crippen molar-refractivity contribution in [3.8, 4) is 11.3 Å². The molecular formula is C13H14FN3. The molecule has 1 aromatic carbocycles. The first-order valence-corrected chi connectivity index (χ1v) is 5.78. The molecule has 1 aliphatic heterocycles. The van der Waals surface area contributed by atoms with Gasteiger partial charge < -0.3 is 10.3 Å². The van der Waals surface area contributed by atoms with E-state index in [0.717, 1.165) is 30.3 Å². The van der Waals surface area contributed by atoms with Gasteiger partial charge in [0.2, 0.25) is 0 Å². The summed E-state index contributed by atoms with van der Waals surface area (Å²) in [5, 5.41) is 3.21. The number of nitrogens with one attached hydrogen (secondary N) is 2. The minimum Gasteiger partial charge on any atom is -0.345 e. The van der Waals surface area contributed by atoms with Crippen molar-refractivity contribution >= 4 is 0 Å². The molecule has 1 aromatic heterocycles. The highest BCUT2D eigenvalue weighted by molar-refractivity contribution is 5.62. The summed E-state index contributed by atoms with van der Waals surface area (Å²) in [6.07, 6.45) is 0. The van der Waals surface area contributed by atoms with Crippen LogP contribution in [0.2, 0.25) is 0 Å². The van der Waals surface area contributed by atoms with Crippen LogP contribution in [0.15, 0.2) is 24.3 Å². The molecule has 1 saturated heterocycles. The first-order valence-electron chi connectivity index (χ1n) is 5.78. The highest BCUT2D eigenvalue weighted by atomic mass is 19.1. The summed E-state index contributed by atoms with van der Waals surface area (Å²) >= 11 is 0. The van der Waals surface area contributed by atoms with E-state index in [1.54, 1.807) is 12.1 Å². The van der Waals surface area contributed by atoms with E-state index in [2.05, 4.69) is 15.3 Å². The van der Waals surface area contributed by atoms with Crippen molar-refractivity contribution in [2.75, 3.05) is 13.1 Å². The van der Waals surface area contributed by atoms with E-state index in [9.17, 15) is 4.39 Å². The molecule has 2 heterocycles. The molecule has 0 saturated carbocycles. The molecule has 0 bridgehead atoms. The Labute approximate surface area is 99.1 Å². The molecule has 0 atom stereocenters. The van der Waals surface area contributed by atoms with Crippen LogP contribution in [0.25, 0.3) is 11.3 Å². The number of aryl methyl sites for hydroxylation is 1. The van der Waals surface area contributed by atoms with Gasteiger partial charge in [-0.25, -0.2) is 9.37 Å². The Bertz CT molecular complexity index is 543. The smallest absolute Gasteiger partial charge is 0.132 e. The summed E-state index contributed by atoms with van der Waals surface area (Å²) in [5.41, 5.74) is 2.22. The summed E-state index contributed by atoms with van der Waals surface area (Å²) in [5.74, 6) is 1.18. The maximum atomic E-state index is 13.7. The second kappa shape index (κ2) is 3.96. The molecule has 1 aliphatic rings. The zero-order valence-corrected chi connectivity index (χ0v) is 9.63. The normalized spacial score (nSPS) is 15.9. The van der Waals surface area contributed by atoms with Crippen LogP contribution in [0.3, 0.4) is 0 Å². The van der Waals surface area contributed by atoms with Crippen molar-refractivity contribution in [1.82, 2.24) is 15.3 Å². The van der Waals surface area contributed by atoms with E-state index in [0.29, 0.717) is 11.5 Å². The third-order valence-corrected chi connectivity index (χ3v) is 3.20. The van der Waals surface area contributed by atoms with Crippen LogP contribution in [-0.2, 0) is 0 Å². The maximum absolute atomic E-state index is 13.7. The topological polar surface area (TPSA) is 40.7 Å². The van der Waals surface area contributed by atoms with E-state index in [1.807, 2.05) is 13.0 Å². The minimum absolute atomic E-state index is 0.222. The third-order valence-electron chi connectivity index (χ3n) is 3.20.